The topological polar surface area (TPSA) is 60.9 Å². The zero-order chi connectivity index (χ0) is 21.8. The molecule has 162 valence electrons. The third-order valence-electron chi connectivity index (χ3n) is 6.03. The smallest absolute Gasteiger partial charge is 0.230 e. The van der Waals surface area contributed by atoms with Crippen molar-refractivity contribution in [1.29, 1.82) is 0 Å². The van der Waals surface area contributed by atoms with Crippen LogP contribution in [0.5, 0.6) is 0 Å². The molecule has 0 aromatic heterocycles. The van der Waals surface area contributed by atoms with Gasteiger partial charge in [-0.3, -0.25) is 14.4 Å². The van der Waals surface area contributed by atoms with Crippen molar-refractivity contribution >= 4 is 23.4 Å². The summed E-state index contributed by atoms with van der Waals surface area (Å²) in [5.74, 6) is 0.390. The van der Waals surface area contributed by atoms with Gasteiger partial charge in [-0.15, -0.1) is 0 Å². The van der Waals surface area contributed by atoms with E-state index in [4.69, 9.17) is 0 Å². The third-order valence-corrected chi connectivity index (χ3v) is 6.03. The number of hydrogen-bond acceptors (Lipinski definition) is 3. The number of benzene rings is 2. The highest BCUT2D eigenvalue weighted by molar-refractivity contribution is 5.96. The van der Waals surface area contributed by atoms with Gasteiger partial charge in [0.15, 0.2) is 0 Å². The summed E-state index contributed by atoms with van der Waals surface area (Å²) in [6, 6.07) is 17.8. The molecule has 0 spiro atoms. The van der Waals surface area contributed by atoms with Gasteiger partial charge in [-0.1, -0.05) is 42.5 Å². The molecule has 6 nitrogen and oxygen atoms in total. The van der Waals surface area contributed by atoms with Crippen LogP contribution < -0.4 is 4.90 Å². The molecule has 0 N–H and O–H groups in total. The van der Waals surface area contributed by atoms with Crippen LogP contribution in [0.25, 0.3) is 0 Å². The van der Waals surface area contributed by atoms with E-state index in [9.17, 15) is 14.4 Å². The fraction of sp³-hybridized carbons (Fsp3) is 0.400. The van der Waals surface area contributed by atoms with Crippen molar-refractivity contribution < 1.29 is 14.4 Å². The van der Waals surface area contributed by atoms with E-state index in [1.165, 1.54) is 0 Å². The lowest BCUT2D eigenvalue weighted by Gasteiger charge is -2.34. The Balaban J connectivity index is 1.46. The van der Waals surface area contributed by atoms with Crippen LogP contribution in [0.2, 0.25) is 0 Å². The molecule has 3 amide bonds. The summed E-state index contributed by atoms with van der Waals surface area (Å²) in [6.45, 7) is 4.40. The van der Waals surface area contributed by atoms with Gasteiger partial charge in [-0.25, -0.2) is 0 Å². The van der Waals surface area contributed by atoms with Crippen molar-refractivity contribution in [3.8, 4) is 0 Å². The van der Waals surface area contributed by atoms with Crippen molar-refractivity contribution in [2.24, 2.45) is 5.92 Å². The van der Waals surface area contributed by atoms with E-state index in [1.54, 1.807) is 11.8 Å². The van der Waals surface area contributed by atoms with Gasteiger partial charge in [-0.2, -0.15) is 0 Å². The second-order valence-electron chi connectivity index (χ2n) is 8.42. The Labute approximate surface area is 183 Å². The van der Waals surface area contributed by atoms with E-state index in [2.05, 4.69) is 0 Å². The summed E-state index contributed by atoms with van der Waals surface area (Å²) in [6.07, 6.45) is 2.20. The van der Waals surface area contributed by atoms with Crippen molar-refractivity contribution in [1.82, 2.24) is 9.80 Å². The predicted octanol–water partition coefficient (Wildman–Crippen LogP) is 2.86. The highest BCUT2D eigenvalue weighted by atomic mass is 16.2. The molecule has 2 fully saturated rings. The number of carbonyl (C=O) groups is 3. The van der Waals surface area contributed by atoms with Crippen molar-refractivity contribution in [3.63, 3.8) is 0 Å². The van der Waals surface area contributed by atoms with E-state index in [0.29, 0.717) is 39.1 Å². The zero-order valence-corrected chi connectivity index (χ0v) is 18.0. The summed E-state index contributed by atoms with van der Waals surface area (Å²) in [5, 5.41) is 0. The van der Waals surface area contributed by atoms with E-state index in [0.717, 1.165) is 29.7 Å². The average Bonchev–Trinajstić information content (AvgIpc) is 3.63. The number of anilines is 1. The Bertz CT molecular complexity index is 947. The molecule has 0 unspecified atom stereocenters. The summed E-state index contributed by atoms with van der Waals surface area (Å²) in [7, 11) is 0. The molecule has 1 heterocycles. The van der Waals surface area contributed by atoms with Crippen LogP contribution >= 0.6 is 0 Å². The molecular weight excluding hydrogens is 390 g/mol. The summed E-state index contributed by atoms with van der Waals surface area (Å²) < 4.78 is 0. The first kappa shape index (κ1) is 21.1. The lowest BCUT2D eigenvalue weighted by molar-refractivity contribution is -0.138. The normalized spacial score (nSPS) is 16.2. The Morgan fingerprint density at radius 3 is 2.16 bits per heavy atom. The number of nitrogens with zero attached hydrogens (tertiary/aromatic N) is 3. The van der Waals surface area contributed by atoms with Gasteiger partial charge in [0.25, 0.3) is 0 Å². The van der Waals surface area contributed by atoms with Crippen LogP contribution in [0.4, 0.5) is 5.69 Å². The molecule has 2 aromatic rings. The van der Waals surface area contributed by atoms with Crippen LogP contribution in [0, 0.1) is 5.92 Å². The second-order valence-corrected chi connectivity index (χ2v) is 8.42. The SMILES string of the molecule is CC(=O)N1CCN(C(=O)Cc2cccc(N(Cc3ccccc3)C(=O)C3CC3)c2)CC1. The molecule has 0 radical (unpaired) electrons. The molecule has 6 heteroatoms. The maximum atomic E-state index is 13.0. The monoisotopic (exact) mass is 419 g/mol. The van der Waals surface area contributed by atoms with Crippen molar-refractivity contribution in [2.45, 2.75) is 32.7 Å². The maximum Gasteiger partial charge on any atom is 0.230 e. The van der Waals surface area contributed by atoms with Gasteiger partial charge in [-0.05, 0) is 36.1 Å². The van der Waals surface area contributed by atoms with Gasteiger partial charge in [0, 0.05) is 44.7 Å². The largest absolute Gasteiger partial charge is 0.339 e. The zero-order valence-electron chi connectivity index (χ0n) is 18.0. The van der Waals surface area contributed by atoms with E-state index in [1.807, 2.05) is 64.4 Å². The molecule has 31 heavy (non-hydrogen) atoms. The van der Waals surface area contributed by atoms with Gasteiger partial charge in [0.1, 0.15) is 0 Å². The Hall–Kier alpha value is -3.15. The average molecular weight is 420 g/mol. The summed E-state index contributed by atoms with van der Waals surface area (Å²) >= 11 is 0. The van der Waals surface area contributed by atoms with Crippen LogP contribution in [0.15, 0.2) is 54.6 Å². The second kappa shape index (κ2) is 9.33. The van der Waals surface area contributed by atoms with Crippen molar-refractivity contribution in [2.75, 3.05) is 31.1 Å². The predicted molar refractivity (Wildman–Crippen MR) is 119 cm³/mol. The number of rotatable bonds is 6. The Kier molecular flexibility index (Phi) is 6.35. The number of hydrogen-bond donors (Lipinski definition) is 0. The molecule has 2 aliphatic rings. The van der Waals surface area contributed by atoms with Crippen LogP contribution in [0.1, 0.15) is 30.9 Å². The molecule has 2 aromatic carbocycles. The maximum absolute atomic E-state index is 13.0. The molecule has 1 aliphatic heterocycles. The number of amides is 3. The quantitative estimate of drug-likeness (QED) is 0.723. The van der Waals surface area contributed by atoms with E-state index in [-0.39, 0.29) is 23.6 Å². The van der Waals surface area contributed by atoms with E-state index < -0.39 is 0 Å². The van der Waals surface area contributed by atoms with Gasteiger partial charge in [0.2, 0.25) is 17.7 Å². The van der Waals surface area contributed by atoms with Gasteiger partial charge in [0.05, 0.1) is 13.0 Å². The molecule has 0 bridgehead atoms. The standard InChI is InChI=1S/C25H29N3O3/c1-19(29)26-12-14-27(15-13-26)24(30)17-21-8-5-9-23(16-21)28(25(31)22-10-11-22)18-20-6-3-2-4-7-20/h2-9,16,22H,10-15,17-18H2,1H3. The lowest BCUT2D eigenvalue weighted by Crippen LogP contribution is -2.50. The highest BCUT2D eigenvalue weighted by Gasteiger charge is 2.34. The third kappa shape index (κ3) is 5.32. The molecule has 4 rings (SSSR count). The highest BCUT2D eigenvalue weighted by Crippen LogP contribution is 2.33. The summed E-state index contributed by atoms with van der Waals surface area (Å²) in [5.41, 5.74) is 2.83. The Morgan fingerprint density at radius 1 is 0.871 bits per heavy atom. The first-order valence-corrected chi connectivity index (χ1v) is 11.0. The lowest BCUT2D eigenvalue weighted by atomic mass is 10.1. The first-order valence-electron chi connectivity index (χ1n) is 11.0. The first-order chi connectivity index (χ1) is 15.0. The number of piperazine rings is 1. The van der Waals surface area contributed by atoms with Crippen LogP contribution in [0.3, 0.4) is 0 Å². The molecular formula is C25H29N3O3. The van der Waals surface area contributed by atoms with E-state index >= 15 is 0 Å². The Morgan fingerprint density at radius 2 is 1.52 bits per heavy atom. The minimum atomic E-state index is 0.0543. The molecule has 1 saturated heterocycles. The van der Waals surface area contributed by atoms with Gasteiger partial charge < -0.3 is 14.7 Å². The van der Waals surface area contributed by atoms with Crippen molar-refractivity contribution in [3.05, 3.63) is 65.7 Å². The fourth-order valence-corrected chi connectivity index (χ4v) is 4.00. The molecule has 1 aliphatic carbocycles. The van der Waals surface area contributed by atoms with Crippen LogP contribution in [-0.4, -0.2) is 53.7 Å². The minimum Gasteiger partial charge on any atom is -0.339 e. The fourth-order valence-electron chi connectivity index (χ4n) is 4.00. The van der Waals surface area contributed by atoms with Crippen LogP contribution in [-0.2, 0) is 27.3 Å². The minimum absolute atomic E-state index is 0.0543. The van der Waals surface area contributed by atoms with Gasteiger partial charge >= 0.3 is 0 Å². The summed E-state index contributed by atoms with van der Waals surface area (Å²) in [4.78, 5) is 42.8. The molecule has 1 saturated carbocycles. The molecule has 0 atom stereocenters. The number of carbonyl (C=O) groups excluding carboxylic acids is 3.